The maximum Gasteiger partial charge on any atom is 0.339 e. The summed E-state index contributed by atoms with van der Waals surface area (Å²) in [5.41, 5.74) is 1.22. The number of rotatable bonds is 5. The molecule has 0 saturated carbocycles. The molecule has 0 N–H and O–H groups in total. The first-order valence-electron chi connectivity index (χ1n) is 7.79. The quantitative estimate of drug-likeness (QED) is 0.429. The molecule has 0 bridgehead atoms. The number of carbonyl (C=O) groups is 1. The van der Waals surface area contributed by atoms with Gasteiger partial charge in [-0.3, -0.25) is 0 Å². The summed E-state index contributed by atoms with van der Waals surface area (Å²) in [6.07, 6.45) is 5.07. The number of hydrogen-bond acceptors (Lipinski definition) is 3. The predicted molar refractivity (Wildman–Crippen MR) is 104 cm³/mol. The Morgan fingerprint density at radius 1 is 1.04 bits per heavy atom. The van der Waals surface area contributed by atoms with Crippen LogP contribution in [-0.2, 0) is 11.3 Å². The van der Waals surface area contributed by atoms with Crippen molar-refractivity contribution < 1.29 is 14.3 Å². The molecule has 0 aromatic heterocycles. The Labute approximate surface area is 161 Å². The molecule has 0 atom stereocenters. The van der Waals surface area contributed by atoms with E-state index in [1.165, 1.54) is 12.1 Å². The van der Waals surface area contributed by atoms with Crippen LogP contribution in [0.2, 0.25) is 10.0 Å². The van der Waals surface area contributed by atoms with E-state index in [4.69, 9.17) is 39.1 Å². The van der Waals surface area contributed by atoms with E-state index in [0.717, 1.165) is 16.3 Å². The molecule has 5 heteroatoms. The average molecular weight is 385 g/mol. The number of carbonyl (C=O) groups excluding carboxylic acids is 1. The smallest absolute Gasteiger partial charge is 0.339 e. The second-order valence-electron chi connectivity index (χ2n) is 5.48. The van der Waals surface area contributed by atoms with Gasteiger partial charge < -0.3 is 9.47 Å². The maximum absolute atomic E-state index is 11.9. The van der Waals surface area contributed by atoms with Crippen LogP contribution in [0.5, 0.6) is 5.75 Å². The van der Waals surface area contributed by atoms with E-state index in [0.29, 0.717) is 12.4 Å². The first-order valence-corrected chi connectivity index (χ1v) is 8.55. The molecule has 0 radical (unpaired) electrons. The van der Waals surface area contributed by atoms with E-state index in [-0.39, 0.29) is 22.2 Å². The van der Waals surface area contributed by atoms with Crippen molar-refractivity contribution >= 4 is 39.9 Å². The molecule has 3 aromatic carbocycles. The van der Waals surface area contributed by atoms with Crippen molar-refractivity contribution in [3.8, 4) is 18.1 Å². The van der Waals surface area contributed by atoms with Crippen LogP contribution in [0.15, 0.2) is 54.6 Å². The van der Waals surface area contributed by atoms with E-state index in [2.05, 4.69) is 5.92 Å². The van der Waals surface area contributed by atoms with Gasteiger partial charge in [0.2, 0.25) is 0 Å². The number of benzene rings is 3. The first kappa shape index (κ1) is 18.1. The SMILES string of the molecule is C#CCOC(=O)c1cc(Cl)c(OCc2cccc3ccccc23)c(Cl)c1. The van der Waals surface area contributed by atoms with Gasteiger partial charge in [0, 0.05) is 0 Å². The van der Waals surface area contributed by atoms with Crippen molar-refractivity contribution in [3.63, 3.8) is 0 Å². The van der Waals surface area contributed by atoms with Gasteiger partial charge in [-0.2, -0.15) is 0 Å². The Balaban J connectivity index is 1.82. The van der Waals surface area contributed by atoms with Crippen LogP contribution >= 0.6 is 23.2 Å². The topological polar surface area (TPSA) is 35.5 Å². The Hall–Kier alpha value is -2.67. The molecule has 0 aliphatic heterocycles. The summed E-state index contributed by atoms with van der Waals surface area (Å²) < 4.78 is 10.7. The molecule has 26 heavy (non-hydrogen) atoms. The Bertz CT molecular complexity index is 977. The van der Waals surface area contributed by atoms with Crippen molar-refractivity contribution in [3.05, 3.63) is 75.8 Å². The highest BCUT2D eigenvalue weighted by molar-refractivity contribution is 6.37. The van der Waals surface area contributed by atoms with Crippen molar-refractivity contribution in [2.75, 3.05) is 6.61 Å². The lowest BCUT2D eigenvalue weighted by Gasteiger charge is -2.13. The van der Waals surface area contributed by atoms with Crippen LogP contribution in [-0.4, -0.2) is 12.6 Å². The molecule has 3 rings (SSSR count). The Morgan fingerprint density at radius 2 is 1.73 bits per heavy atom. The Kier molecular flexibility index (Phi) is 5.68. The van der Waals surface area contributed by atoms with Gasteiger partial charge in [-0.05, 0) is 28.5 Å². The molecule has 0 saturated heterocycles. The zero-order chi connectivity index (χ0) is 18.5. The van der Waals surface area contributed by atoms with Crippen molar-refractivity contribution in [1.29, 1.82) is 0 Å². The number of hydrogen-bond donors (Lipinski definition) is 0. The first-order chi connectivity index (χ1) is 12.6. The maximum atomic E-state index is 11.9. The van der Waals surface area contributed by atoms with Gasteiger partial charge >= 0.3 is 5.97 Å². The number of ether oxygens (including phenoxy) is 2. The van der Waals surface area contributed by atoms with Crippen LogP contribution in [0, 0.1) is 12.3 Å². The van der Waals surface area contributed by atoms with E-state index >= 15 is 0 Å². The number of halogens is 2. The fourth-order valence-corrected chi connectivity index (χ4v) is 3.17. The van der Waals surface area contributed by atoms with Gasteiger partial charge in [0.1, 0.15) is 6.61 Å². The van der Waals surface area contributed by atoms with E-state index in [1.807, 2.05) is 42.5 Å². The van der Waals surface area contributed by atoms with Gasteiger partial charge in [0.25, 0.3) is 0 Å². The third-order valence-corrected chi connectivity index (χ3v) is 4.33. The molecule has 0 unspecified atom stereocenters. The third-order valence-electron chi connectivity index (χ3n) is 3.77. The number of fused-ring (bicyclic) bond motifs is 1. The average Bonchev–Trinajstić information content (AvgIpc) is 2.65. The van der Waals surface area contributed by atoms with Gasteiger partial charge in [-0.25, -0.2) is 4.79 Å². The van der Waals surface area contributed by atoms with Crippen molar-refractivity contribution in [2.24, 2.45) is 0 Å². The second-order valence-corrected chi connectivity index (χ2v) is 6.29. The summed E-state index contributed by atoms with van der Waals surface area (Å²) in [6.45, 7) is 0.176. The van der Waals surface area contributed by atoms with Gasteiger partial charge in [0.15, 0.2) is 12.4 Å². The molecule has 0 amide bonds. The molecule has 130 valence electrons. The highest BCUT2D eigenvalue weighted by Gasteiger charge is 2.15. The molecule has 3 aromatic rings. The lowest BCUT2D eigenvalue weighted by atomic mass is 10.1. The molecule has 0 fully saturated rings. The molecule has 0 spiro atoms. The van der Waals surface area contributed by atoms with E-state index < -0.39 is 5.97 Å². The standard InChI is InChI=1S/C21H14Cl2O3/c1-2-10-25-21(24)16-11-18(22)20(19(23)12-16)26-13-15-8-5-7-14-6-3-4-9-17(14)15/h1,3-9,11-12H,10,13H2. The van der Waals surface area contributed by atoms with E-state index in [1.54, 1.807) is 0 Å². The van der Waals surface area contributed by atoms with Crippen LogP contribution < -0.4 is 4.74 Å². The molecular formula is C21H14Cl2O3. The monoisotopic (exact) mass is 384 g/mol. The van der Waals surface area contributed by atoms with Crippen molar-refractivity contribution in [1.82, 2.24) is 0 Å². The molecular weight excluding hydrogens is 371 g/mol. The minimum atomic E-state index is -0.590. The normalized spacial score (nSPS) is 10.3. The lowest BCUT2D eigenvalue weighted by Crippen LogP contribution is -2.06. The highest BCUT2D eigenvalue weighted by atomic mass is 35.5. The second kappa shape index (κ2) is 8.14. The summed E-state index contributed by atoms with van der Waals surface area (Å²) in [7, 11) is 0. The summed E-state index contributed by atoms with van der Waals surface area (Å²) in [5.74, 6) is 1.95. The van der Waals surface area contributed by atoms with E-state index in [9.17, 15) is 4.79 Å². The van der Waals surface area contributed by atoms with Crippen LogP contribution in [0.3, 0.4) is 0 Å². The Morgan fingerprint density at radius 3 is 2.46 bits per heavy atom. The summed E-state index contributed by atoms with van der Waals surface area (Å²) in [5, 5.41) is 2.67. The molecule has 0 aliphatic carbocycles. The van der Waals surface area contributed by atoms with Gasteiger partial charge in [-0.1, -0.05) is 71.6 Å². The number of esters is 1. The molecule has 0 heterocycles. The highest BCUT2D eigenvalue weighted by Crippen LogP contribution is 2.35. The fourth-order valence-electron chi connectivity index (χ4n) is 2.57. The number of terminal acetylenes is 1. The zero-order valence-electron chi connectivity index (χ0n) is 13.7. The van der Waals surface area contributed by atoms with Crippen molar-refractivity contribution in [2.45, 2.75) is 6.61 Å². The largest absolute Gasteiger partial charge is 0.486 e. The van der Waals surface area contributed by atoms with Crippen LogP contribution in [0.1, 0.15) is 15.9 Å². The lowest BCUT2D eigenvalue weighted by molar-refractivity contribution is 0.0556. The predicted octanol–water partition coefficient (Wildman–Crippen LogP) is 5.52. The molecule has 0 aliphatic rings. The fraction of sp³-hybridized carbons (Fsp3) is 0.0952. The third kappa shape index (κ3) is 3.94. The molecule has 3 nitrogen and oxygen atoms in total. The van der Waals surface area contributed by atoms with Crippen LogP contribution in [0.25, 0.3) is 10.8 Å². The summed E-state index contributed by atoms with van der Waals surface area (Å²) in [6, 6.07) is 16.9. The van der Waals surface area contributed by atoms with Crippen LogP contribution in [0.4, 0.5) is 0 Å². The van der Waals surface area contributed by atoms with Gasteiger partial charge in [0.05, 0.1) is 15.6 Å². The minimum Gasteiger partial charge on any atom is -0.486 e. The minimum absolute atomic E-state index is 0.118. The summed E-state index contributed by atoms with van der Waals surface area (Å²) in [4.78, 5) is 11.9. The summed E-state index contributed by atoms with van der Waals surface area (Å²) >= 11 is 12.5. The van der Waals surface area contributed by atoms with Gasteiger partial charge in [-0.15, -0.1) is 6.42 Å². The zero-order valence-corrected chi connectivity index (χ0v) is 15.2.